The van der Waals surface area contributed by atoms with Crippen LogP contribution in [-0.2, 0) is 0 Å². The van der Waals surface area contributed by atoms with Crippen LogP contribution in [0.5, 0.6) is 5.75 Å². The molecule has 0 fully saturated rings. The van der Waals surface area contributed by atoms with E-state index in [0.29, 0.717) is 28.1 Å². The third-order valence-electron chi connectivity index (χ3n) is 5.20. The molecule has 5 aromatic rings. The Morgan fingerprint density at radius 2 is 1.73 bits per heavy atom. The van der Waals surface area contributed by atoms with Crippen LogP contribution in [0.15, 0.2) is 71.1 Å². The maximum atomic E-state index is 13.7. The lowest BCUT2D eigenvalue weighted by Gasteiger charge is -2.11. The maximum absolute atomic E-state index is 13.7. The summed E-state index contributed by atoms with van der Waals surface area (Å²) >= 11 is 6.03. The van der Waals surface area contributed by atoms with Crippen molar-refractivity contribution in [1.29, 1.82) is 0 Å². The van der Waals surface area contributed by atoms with Crippen molar-refractivity contribution >= 4 is 45.1 Å². The monoisotopic (exact) mass is 464 g/mol. The van der Waals surface area contributed by atoms with E-state index in [2.05, 4.69) is 10.3 Å². The summed E-state index contributed by atoms with van der Waals surface area (Å²) in [6, 6.07) is 17.9. The summed E-state index contributed by atoms with van der Waals surface area (Å²) in [5, 5.41) is 4.66. The van der Waals surface area contributed by atoms with Gasteiger partial charge in [0.25, 0.3) is 5.91 Å². The van der Waals surface area contributed by atoms with E-state index in [0.717, 1.165) is 22.9 Å². The predicted octanol–water partition coefficient (Wildman–Crippen LogP) is 6.84. The molecule has 0 bridgehead atoms. The summed E-state index contributed by atoms with van der Waals surface area (Å²) < 4.78 is 38.1. The lowest BCUT2D eigenvalue weighted by atomic mass is 10.1. The number of anilines is 1. The molecule has 1 N–H and O–H groups in total. The number of carbonyl (C=O) groups excluding carboxylic acids is 1. The first-order valence-electron chi connectivity index (χ1n) is 9.86. The standard InChI is InChI=1S/C25H15ClF2N2O3/c1-32-23-9-14-5-3-2-4-13(14)8-17(23)24(31)29-15-6-7-22-21(10-15)30-25(33-22)16-11-19(27)20(28)12-18(16)26/h2-12H,1H3,(H,29,31). The molecule has 1 amide bonds. The van der Waals surface area contributed by atoms with Gasteiger partial charge in [0.15, 0.2) is 17.2 Å². The summed E-state index contributed by atoms with van der Waals surface area (Å²) in [6.45, 7) is 0. The van der Waals surface area contributed by atoms with Gasteiger partial charge in [-0.25, -0.2) is 13.8 Å². The molecule has 1 heterocycles. The van der Waals surface area contributed by atoms with Gasteiger partial charge < -0.3 is 14.5 Å². The van der Waals surface area contributed by atoms with E-state index in [4.69, 9.17) is 20.8 Å². The van der Waals surface area contributed by atoms with Gasteiger partial charge in [-0.1, -0.05) is 35.9 Å². The topological polar surface area (TPSA) is 64.4 Å². The Morgan fingerprint density at radius 3 is 2.48 bits per heavy atom. The Labute approximate surface area is 191 Å². The molecule has 0 radical (unpaired) electrons. The third kappa shape index (κ3) is 3.87. The highest BCUT2D eigenvalue weighted by Crippen LogP contribution is 2.33. The lowest BCUT2D eigenvalue weighted by Crippen LogP contribution is -2.13. The second-order valence-corrected chi connectivity index (χ2v) is 7.71. The van der Waals surface area contributed by atoms with Crippen LogP contribution in [0.1, 0.15) is 10.4 Å². The Morgan fingerprint density at radius 1 is 1.00 bits per heavy atom. The molecule has 0 saturated carbocycles. The molecule has 33 heavy (non-hydrogen) atoms. The van der Waals surface area contributed by atoms with Crippen molar-refractivity contribution in [3.05, 3.63) is 89.0 Å². The third-order valence-corrected chi connectivity index (χ3v) is 5.51. The Balaban J connectivity index is 1.47. The van der Waals surface area contributed by atoms with Crippen LogP contribution in [0.2, 0.25) is 5.02 Å². The van der Waals surface area contributed by atoms with E-state index >= 15 is 0 Å². The fourth-order valence-electron chi connectivity index (χ4n) is 3.57. The molecule has 164 valence electrons. The first-order chi connectivity index (χ1) is 15.9. The number of methoxy groups -OCH3 is 1. The highest BCUT2D eigenvalue weighted by molar-refractivity contribution is 6.33. The first kappa shape index (κ1) is 20.9. The fourth-order valence-corrected chi connectivity index (χ4v) is 3.80. The fraction of sp³-hybridized carbons (Fsp3) is 0.0400. The van der Waals surface area contributed by atoms with Gasteiger partial charge in [-0.05, 0) is 53.2 Å². The number of benzene rings is 4. The zero-order valence-corrected chi connectivity index (χ0v) is 17.9. The quantitative estimate of drug-likeness (QED) is 0.296. The summed E-state index contributed by atoms with van der Waals surface area (Å²) in [5.41, 5.74) is 1.78. The number of fused-ring (bicyclic) bond motifs is 2. The molecular formula is C25H15ClF2N2O3. The summed E-state index contributed by atoms with van der Waals surface area (Å²) in [5.74, 6) is -2.00. The van der Waals surface area contributed by atoms with E-state index in [1.165, 1.54) is 7.11 Å². The molecule has 0 unspecified atom stereocenters. The van der Waals surface area contributed by atoms with E-state index in [1.807, 2.05) is 30.3 Å². The number of nitrogens with zero attached hydrogens (tertiary/aromatic N) is 1. The van der Waals surface area contributed by atoms with Gasteiger partial charge in [0.1, 0.15) is 11.3 Å². The van der Waals surface area contributed by atoms with E-state index < -0.39 is 11.6 Å². The van der Waals surface area contributed by atoms with Crippen molar-refractivity contribution in [3.63, 3.8) is 0 Å². The second kappa shape index (κ2) is 8.18. The number of oxazole rings is 1. The van der Waals surface area contributed by atoms with Crippen molar-refractivity contribution in [2.24, 2.45) is 0 Å². The average Bonchev–Trinajstić information content (AvgIpc) is 3.23. The van der Waals surface area contributed by atoms with Crippen molar-refractivity contribution in [2.75, 3.05) is 12.4 Å². The molecular weight excluding hydrogens is 450 g/mol. The zero-order valence-electron chi connectivity index (χ0n) is 17.2. The molecule has 0 spiro atoms. The second-order valence-electron chi connectivity index (χ2n) is 7.30. The number of ether oxygens (including phenoxy) is 1. The first-order valence-corrected chi connectivity index (χ1v) is 10.2. The van der Waals surface area contributed by atoms with Gasteiger partial charge in [0.05, 0.1) is 23.3 Å². The Kier molecular flexibility index (Phi) is 5.18. The van der Waals surface area contributed by atoms with Crippen LogP contribution in [-0.4, -0.2) is 18.0 Å². The predicted molar refractivity (Wildman–Crippen MR) is 123 cm³/mol. The number of hydrogen-bond acceptors (Lipinski definition) is 4. The average molecular weight is 465 g/mol. The SMILES string of the molecule is COc1cc2ccccc2cc1C(=O)Nc1ccc2oc(-c3cc(F)c(F)cc3Cl)nc2c1. The lowest BCUT2D eigenvalue weighted by molar-refractivity contribution is 0.102. The van der Waals surface area contributed by atoms with Crippen LogP contribution in [0.3, 0.4) is 0 Å². The maximum Gasteiger partial charge on any atom is 0.259 e. The van der Waals surface area contributed by atoms with Crippen LogP contribution in [0.4, 0.5) is 14.5 Å². The van der Waals surface area contributed by atoms with Crippen LogP contribution < -0.4 is 10.1 Å². The number of halogens is 3. The molecule has 0 saturated heterocycles. The van der Waals surface area contributed by atoms with Crippen molar-refractivity contribution in [2.45, 2.75) is 0 Å². The Bertz CT molecular complexity index is 1550. The number of rotatable bonds is 4. The molecule has 0 aliphatic rings. The van der Waals surface area contributed by atoms with E-state index in [-0.39, 0.29) is 22.4 Å². The normalized spacial score (nSPS) is 11.2. The van der Waals surface area contributed by atoms with Crippen molar-refractivity contribution in [3.8, 4) is 17.2 Å². The molecule has 5 rings (SSSR count). The summed E-state index contributed by atoms with van der Waals surface area (Å²) in [7, 11) is 1.51. The highest BCUT2D eigenvalue weighted by atomic mass is 35.5. The van der Waals surface area contributed by atoms with Gasteiger partial charge >= 0.3 is 0 Å². The van der Waals surface area contributed by atoms with E-state index in [9.17, 15) is 13.6 Å². The number of nitrogens with one attached hydrogen (secondary N) is 1. The minimum Gasteiger partial charge on any atom is -0.496 e. The number of aromatic nitrogens is 1. The van der Waals surface area contributed by atoms with Crippen molar-refractivity contribution < 1.29 is 22.7 Å². The minimum atomic E-state index is -1.06. The van der Waals surface area contributed by atoms with Gasteiger partial charge in [-0.2, -0.15) is 0 Å². The minimum absolute atomic E-state index is 0.0302. The van der Waals surface area contributed by atoms with Gasteiger partial charge in [-0.15, -0.1) is 0 Å². The number of carbonyl (C=O) groups is 1. The largest absolute Gasteiger partial charge is 0.496 e. The van der Waals surface area contributed by atoms with Gasteiger partial charge in [0, 0.05) is 5.69 Å². The smallest absolute Gasteiger partial charge is 0.259 e. The zero-order chi connectivity index (χ0) is 23.1. The van der Waals surface area contributed by atoms with Crippen LogP contribution in [0.25, 0.3) is 33.3 Å². The summed E-state index contributed by atoms with van der Waals surface area (Å²) in [4.78, 5) is 17.3. The van der Waals surface area contributed by atoms with Crippen LogP contribution >= 0.6 is 11.6 Å². The molecule has 0 aliphatic carbocycles. The summed E-state index contributed by atoms with van der Waals surface area (Å²) in [6.07, 6.45) is 0. The molecule has 1 aromatic heterocycles. The van der Waals surface area contributed by atoms with Crippen LogP contribution in [0, 0.1) is 11.6 Å². The molecule has 4 aromatic carbocycles. The number of hydrogen-bond donors (Lipinski definition) is 1. The molecule has 5 nitrogen and oxygen atoms in total. The van der Waals surface area contributed by atoms with Gasteiger partial charge in [0.2, 0.25) is 5.89 Å². The molecule has 8 heteroatoms. The highest BCUT2D eigenvalue weighted by Gasteiger charge is 2.17. The molecule has 0 aliphatic heterocycles. The number of amides is 1. The van der Waals surface area contributed by atoms with Gasteiger partial charge in [-0.3, -0.25) is 4.79 Å². The van der Waals surface area contributed by atoms with Crippen molar-refractivity contribution in [1.82, 2.24) is 4.98 Å². The Hall–Kier alpha value is -3.97. The van der Waals surface area contributed by atoms with E-state index in [1.54, 1.807) is 24.3 Å². The molecule has 0 atom stereocenters.